The molecule has 9 nitrogen and oxygen atoms in total. The Morgan fingerprint density at radius 3 is 2.70 bits per heavy atom. The Hall–Kier alpha value is -4.27. The molecule has 0 atom stereocenters. The van der Waals surface area contributed by atoms with E-state index in [0.717, 1.165) is 5.39 Å². The van der Waals surface area contributed by atoms with Crippen molar-refractivity contribution >= 4 is 28.6 Å². The predicted octanol–water partition coefficient (Wildman–Crippen LogP) is 2.72. The highest BCUT2D eigenvalue weighted by Crippen LogP contribution is 2.27. The van der Waals surface area contributed by atoms with E-state index in [4.69, 9.17) is 10.5 Å². The fourth-order valence-electron chi connectivity index (χ4n) is 2.91. The Bertz CT molecular complexity index is 1330. The lowest BCUT2D eigenvalue weighted by molar-refractivity contribution is -0.114. The minimum absolute atomic E-state index is 0.143. The molecule has 1 amide bonds. The monoisotopic (exact) mass is 402 g/mol. The van der Waals surface area contributed by atoms with Crippen LogP contribution < -0.4 is 21.3 Å². The molecule has 1 aromatic carbocycles. The number of nitrogens with zero attached hydrogens (tertiary/aromatic N) is 4. The lowest BCUT2D eigenvalue weighted by Gasteiger charge is -2.09. The van der Waals surface area contributed by atoms with Crippen molar-refractivity contribution in [1.29, 1.82) is 0 Å². The van der Waals surface area contributed by atoms with E-state index < -0.39 is 0 Å². The van der Waals surface area contributed by atoms with Crippen LogP contribution in [0.4, 0.5) is 11.8 Å². The maximum Gasteiger partial charge on any atom is 0.264 e. The molecule has 0 aliphatic heterocycles. The number of nitrogen functional groups attached to an aromatic ring is 1. The molecule has 0 fully saturated rings. The molecule has 0 aliphatic rings. The van der Waals surface area contributed by atoms with Gasteiger partial charge in [-0.2, -0.15) is 0 Å². The molecule has 0 saturated carbocycles. The largest absolute Gasteiger partial charge is 0.457 e. The Morgan fingerprint density at radius 2 is 1.90 bits per heavy atom. The van der Waals surface area contributed by atoms with Gasteiger partial charge in [-0.1, -0.05) is 6.07 Å². The average molecular weight is 402 g/mol. The zero-order chi connectivity index (χ0) is 21.3. The summed E-state index contributed by atoms with van der Waals surface area (Å²) in [6.45, 7) is 1.41. The van der Waals surface area contributed by atoms with Gasteiger partial charge in [0, 0.05) is 37.8 Å². The second kappa shape index (κ2) is 7.63. The summed E-state index contributed by atoms with van der Waals surface area (Å²) in [5.41, 5.74) is 6.99. The summed E-state index contributed by atoms with van der Waals surface area (Å²) < 4.78 is 7.16. The number of pyridine rings is 2. The minimum Gasteiger partial charge on any atom is -0.457 e. The van der Waals surface area contributed by atoms with Crippen molar-refractivity contribution in [2.45, 2.75) is 6.92 Å². The summed E-state index contributed by atoms with van der Waals surface area (Å²) in [6, 6.07) is 12.4. The van der Waals surface area contributed by atoms with Gasteiger partial charge in [0.05, 0.1) is 16.8 Å². The number of fused-ring (bicyclic) bond motifs is 1. The quantitative estimate of drug-likeness (QED) is 0.538. The van der Waals surface area contributed by atoms with Crippen molar-refractivity contribution in [1.82, 2.24) is 19.5 Å². The van der Waals surface area contributed by atoms with E-state index in [2.05, 4.69) is 20.3 Å². The number of carbonyl (C=O) groups excluding carboxylic acids is 1. The highest BCUT2D eigenvalue weighted by molar-refractivity contribution is 5.87. The van der Waals surface area contributed by atoms with Crippen molar-refractivity contribution in [2.24, 2.45) is 7.05 Å². The summed E-state index contributed by atoms with van der Waals surface area (Å²) >= 11 is 0. The van der Waals surface area contributed by atoms with E-state index in [9.17, 15) is 9.59 Å². The van der Waals surface area contributed by atoms with Gasteiger partial charge in [0.1, 0.15) is 17.3 Å². The topological polar surface area (TPSA) is 125 Å². The Balaban J connectivity index is 1.63. The standard InChI is InChI=1S/C21H18N6O3/c1-12(28)25-19-10-15(7-8-23-19)30-14-4-6-17-13(9-14)3-5-18(26-17)16-11-24-21(22)27(2)20(16)29/h3-11H,1-2H3,(H2,22,24)(H,23,25,28). The van der Waals surface area contributed by atoms with Crippen LogP contribution in [-0.4, -0.2) is 25.4 Å². The van der Waals surface area contributed by atoms with Crippen LogP contribution in [0.1, 0.15) is 6.92 Å². The minimum atomic E-state index is -0.262. The smallest absolute Gasteiger partial charge is 0.264 e. The zero-order valence-corrected chi connectivity index (χ0v) is 16.3. The van der Waals surface area contributed by atoms with E-state index in [-0.39, 0.29) is 17.4 Å². The molecule has 0 spiro atoms. The molecule has 0 unspecified atom stereocenters. The molecule has 4 rings (SSSR count). The molecular weight excluding hydrogens is 384 g/mol. The lowest BCUT2D eigenvalue weighted by atomic mass is 10.1. The van der Waals surface area contributed by atoms with Crippen LogP contribution in [0.5, 0.6) is 11.5 Å². The number of carbonyl (C=O) groups is 1. The van der Waals surface area contributed by atoms with Gasteiger partial charge in [0.15, 0.2) is 0 Å². The number of amides is 1. The number of rotatable bonds is 4. The summed E-state index contributed by atoms with van der Waals surface area (Å²) in [6.07, 6.45) is 2.98. The summed E-state index contributed by atoms with van der Waals surface area (Å²) in [4.78, 5) is 36.3. The molecule has 30 heavy (non-hydrogen) atoms. The van der Waals surface area contributed by atoms with Gasteiger partial charge in [0.2, 0.25) is 11.9 Å². The van der Waals surface area contributed by atoms with Gasteiger partial charge >= 0.3 is 0 Å². The number of hydrogen-bond donors (Lipinski definition) is 2. The highest BCUT2D eigenvalue weighted by Gasteiger charge is 2.10. The van der Waals surface area contributed by atoms with Gasteiger partial charge in [-0.3, -0.25) is 14.2 Å². The molecule has 150 valence electrons. The molecule has 0 bridgehead atoms. The Labute approximate surface area is 171 Å². The van der Waals surface area contributed by atoms with Gasteiger partial charge < -0.3 is 15.8 Å². The first-order chi connectivity index (χ1) is 14.4. The van der Waals surface area contributed by atoms with E-state index >= 15 is 0 Å². The SMILES string of the molecule is CC(=O)Nc1cc(Oc2ccc3nc(-c4cnc(N)n(C)c4=O)ccc3c2)ccn1. The first-order valence-corrected chi connectivity index (χ1v) is 9.05. The van der Waals surface area contributed by atoms with Gasteiger partial charge in [-0.25, -0.2) is 15.0 Å². The number of ether oxygens (including phenoxy) is 1. The Morgan fingerprint density at radius 1 is 1.10 bits per heavy atom. The van der Waals surface area contributed by atoms with Crippen LogP contribution in [0.25, 0.3) is 22.2 Å². The van der Waals surface area contributed by atoms with Crippen LogP contribution in [0.3, 0.4) is 0 Å². The molecular formula is C21H18N6O3. The number of nitrogens with two attached hydrogens (primary N) is 1. The number of nitrogens with one attached hydrogen (secondary N) is 1. The average Bonchev–Trinajstić information content (AvgIpc) is 2.72. The van der Waals surface area contributed by atoms with Crippen molar-refractivity contribution < 1.29 is 9.53 Å². The van der Waals surface area contributed by atoms with Crippen molar-refractivity contribution in [3.63, 3.8) is 0 Å². The third kappa shape index (κ3) is 3.81. The molecule has 9 heteroatoms. The summed E-state index contributed by atoms with van der Waals surface area (Å²) in [7, 11) is 1.56. The molecule has 3 aromatic heterocycles. The maximum atomic E-state index is 12.4. The number of aromatic nitrogens is 4. The van der Waals surface area contributed by atoms with E-state index in [1.165, 1.54) is 17.7 Å². The second-order valence-electron chi connectivity index (χ2n) is 6.61. The first-order valence-electron chi connectivity index (χ1n) is 9.05. The number of anilines is 2. The molecule has 3 heterocycles. The van der Waals surface area contributed by atoms with Gasteiger partial charge in [0.25, 0.3) is 5.56 Å². The molecule has 0 saturated heterocycles. The highest BCUT2D eigenvalue weighted by atomic mass is 16.5. The third-order valence-electron chi connectivity index (χ3n) is 4.41. The maximum absolute atomic E-state index is 12.4. The van der Waals surface area contributed by atoms with Crippen LogP contribution in [0.15, 0.2) is 59.7 Å². The van der Waals surface area contributed by atoms with Crippen LogP contribution in [0, 0.1) is 0 Å². The zero-order valence-electron chi connectivity index (χ0n) is 16.3. The van der Waals surface area contributed by atoms with E-state index in [1.807, 2.05) is 12.1 Å². The van der Waals surface area contributed by atoms with Crippen LogP contribution in [-0.2, 0) is 11.8 Å². The Kier molecular flexibility index (Phi) is 4.85. The predicted molar refractivity (Wildman–Crippen MR) is 113 cm³/mol. The lowest BCUT2D eigenvalue weighted by Crippen LogP contribution is -2.22. The second-order valence-corrected chi connectivity index (χ2v) is 6.61. The number of benzene rings is 1. The third-order valence-corrected chi connectivity index (χ3v) is 4.41. The molecule has 0 aliphatic carbocycles. The van der Waals surface area contributed by atoms with Crippen molar-refractivity contribution in [3.05, 3.63) is 65.2 Å². The molecule has 4 aromatic rings. The normalized spacial score (nSPS) is 10.7. The van der Waals surface area contributed by atoms with Gasteiger partial charge in [-0.05, 0) is 30.3 Å². The molecule has 0 radical (unpaired) electrons. The summed E-state index contributed by atoms with van der Waals surface area (Å²) in [5, 5.41) is 3.45. The first kappa shape index (κ1) is 19.1. The van der Waals surface area contributed by atoms with Crippen LogP contribution >= 0.6 is 0 Å². The molecule has 3 N–H and O–H groups in total. The van der Waals surface area contributed by atoms with E-state index in [1.54, 1.807) is 43.6 Å². The van der Waals surface area contributed by atoms with Crippen molar-refractivity contribution in [2.75, 3.05) is 11.1 Å². The van der Waals surface area contributed by atoms with E-state index in [0.29, 0.717) is 34.1 Å². The fourth-order valence-corrected chi connectivity index (χ4v) is 2.91. The fraction of sp³-hybridized carbons (Fsp3) is 0.0952. The van der Waals surface area contributed by atoms with Gasteiger partial charge in [-0.15, -0.1) is 0 Å². The summed E-state index contributed by atoms with van der Waals surface area (Å²) in [5.74, 6) is 1.48. The van der Waals surface area contributed by atoms with Crippen molar-refractivity contribution in [3.8, 4) is 22.8 Å². The van der Waals surface area contributed by atoms with Crippen LogP contribution in [0.2, 0.25) is 0 Å². The number of hydrogen-bond acceptors (Lipinski definition) is 7.